The molecule has 21 heavy (non-hydrogen) atoms. The van der Waals surface area contributed by atoms with E-state index in [0.29, 0.717) is 11.9 Å². The Morgan fingerprint density at radius 1 is 1.38 bits per heavy atom. The van der Waals surface area contributed by atoms with E-state index >= 15 is 0 Å². The van der Waals surface area contributed by atoms with Crippen LogP contribution < -0.4 is 0 Å². The zero-order chi connectivity index (χ0) is 15.0. The lowest BCUT2D eigenvalue weighted by Crippen LogP contribution is -2.58. The van der Waals surface area contributed by atoms with Crippen molar-refractivity contribution in [2.24, 2.45) is 0 Å². The molecule has 3 rings (SSSR count). The summed E-state index contributed by atoms with van der Waals surface area (Å²) in [5, 5.41) is 2.14. The summed E-state index contributed by atoms with van der Waals surface area (Å²) in [6.45, 7) is 9.06. The maximum Gasteiger partial charge on any atom is 0.239 e. The third-order valence-corrected chi connectivity index (χ3v) is 5.88. The number of thiophene rings is 1. The van der Waals surface area contributed by atoms with Crippen LogP contribution in [0.5, 0.6) is 0 Å². The Hall–Kier alpha value is -0.910. The summed E-state index contributed by atoms with van der Waals surface area (Å²) in [7, 11) is 2.16. The Kier molecular flexibility index (Phi) is 4.33. The Morgan fingerprint density at radius 2 is 2.19 bits per heavy atom. The van der Waals surface area contributed by atoms with E-state index in [4.69, 9.17) is 0 Å². The molecule has 3 heterocycles. The molecule has 2 aliphatic heterocycles. The smallest absolute Gasteiger partial charge is 0.239 e. The summed E-state index contributed by atoms with van der Waals surface area (Å²) in [5.74, 6) is 0.295. The second-order valence-electron chi connectivity index (χ2n) is 6.40. The third-order valence-electron chi connectivity index (χ3n) is 4.86. The quantitative estimate of drug-likeness (QED) is 0.831. The topological polar surface area (TPSA) is 26.8 Å². The number of hydrogen-bond donors (Lipinski definition) is 0. The average Bonchev–Trinajstić information content (AvgIpc) is 2.93. The van der Waals surface area contributed by atoms with Crippen molar-refractivity contribution < 1.29 is 4.79 Å². The van der Waals surface area contributed by atoms with Gasteiger partial charge in [-0.25, -0.2) is 0 Å². The summed E-state index contributed by atoms with van der Waals surface area (Å²) in [5.41, 5.74) is 1.35. The molecule has 0 N–H and O–H groups in total. The van der Waals surface area contributed by atoms with E-state index in [1.54, 1.807) is 0 Å². The van der Waals surface area contributed by atoms with E-state index in [-0.39, 0.29) is 6.04 Å². The van der Waals surface area contributed by atoms with Gasteiger partial charge in [-0.05, 0) is 44.3 Å². The molecule has 0 radical (unpaired) electrons. The predicted molar refractivity (Wildman–Crippen MR) is 86.6 cm³/mol. The molecule has 5 heteroatoms. The summed E-state index contributed by atoms with van der Waals surface area (Å²) < 4.78 is 0. The monoisotopic (exact) mass is 307 g/mol. The van der Waals surface area contributed by atoms with Gasteiger partial charge in [0.15, 0.2) is 0 Å². The number of nitrogens with zero attached hydrogens (tertiary/aromatic N) is 3. The number of likely N-dealkylation sites (N-methyl/N-ethyl adjacent to an activating group) is 1. The van der Waals surface area contributed by atoms with Gasteiger partial charge in [-0.1, -0.05) is 0 Å². The van der Waals surface area contributed by atoms with Crippen LogP contribution in [0.25, 0.3) is 0 Å². The maximum atomic E-state index is 12.8. The molecule has 0 spiro atoms. The van der Waals surface area contributed by atoms with E-state index < -0.39 is 0 Å². The van der Waals surface area contributed by atoms with Crippen molar-refractivity contribution >= 4 is 17.2 Å². The maximum absolute atomic E-state index is 12.8. The minimum Gasteiger partial charge on any atom is -0.337 e. The van der Waals surface area contributed by atoms with Gasteiger partial charge in [0.1, 0.15) is 0 Å². The first-order chi connectivity index (χ1) is 10.1. The molecule has 2 atom stereocenters. The lowest BCUT2D eigenvalue weighted by atomic mass is 10.1. The predicted octanol–water partition coefficient (Wildman–Crippen LogP) is 1.66. The van der Waals surface area contributed by atoms with Gasteiger partial charge in [0.25, 0.3) is 0 Å². The number of fused-ring (bicyclic) bond motifs is 1. The molecule has 4 nitrogen and oxygen atoms in total. The van der Waals surface area contributed by atoms with Crippen molar-refractivity contribution in [3.8, 4) is 0 Å². The minimum atomic E-state index is -0.00566. The fraction of sp³-hybridized carbons (Fsp3) is 0.688. The fourth-order valence-electron chi connectivity index (χ4n) is 3.57. The van der Waals surface area contributed by atoms with Crippen LogP contribution >= 0.6 is 11.3 Å². The Morgan fingerprint density at radius 3 is 2.95 bits per heavy atom. The van der Waals surface area contributed by atoms with Crippen LogP contribution in [0.1, 0.15) is 24.3 Å². The van der Waals surface area contributed by atoms with E-state index in [1.807, 2.05) is 16.2 Å². The lowest BCUT2D eigenvalue weighted by Gasteiger charge is -2.42. The van der Waals surface area contributed by atoms with Gasteiger partial charge < -0.3 is 9.80 Å². The Bertz CT molecular complexity index is 515. The number of carbonyl (C=O) groups excluding carboxylic acids is 1. The van der Waals surface area contributed by atoms with Crippen LogP contribution in [0.2, 0.25) is 0 Å². The van der Waals surface area contributed by atoms with E-state index in [1.165, 1.54) is 10.4 Å². The average molecular weight is 307 g/mol. The van der Waals surface area contributed by atoms with Crippen LogP contribution in [-0.2, 0) is 17.8 Å². The molecule has 0 aromatic carbocycles. The zero-order valence-corrected chi connectivity index (χ0v) is 14.0. The number of hydrogen-bond acceptors (Lipinski definition) is 4. The normalized spacial score (nSPS) is 25.7. The van der Waals surface area contributed by atoms with Gasteiger partial charge in [0.05, 0.1) is 6.04 Å². The van der Waals surface area contributed by atoms with Crippen molar-refractivity contribution in [1.29, 1.82) is 0 Å². The van der Waals surface area contributed by atoms with Gasteiger partial charge in [-0.15, -0.1) is 11.3 Å². The molecule has 1 amide bonds. The summed E-state index contributed by atoms with van der Waals surface area (Å²) >= 11 is 1.82. The van der Waals surface area contributed by atoms with Crippen LogP contribution in [0.4, 0.5) is 0 Å². The highest BCUT2D eigenvalue weighted by Gasteiger charge is 2.33. The van der Waals surface area contributed by atoms with Gasteiger partial charge in [-0.2, -0.15) is 0 Å². The number of carbonyl (C=O) groups is 1. The van der Waals surface area contributed by atoms with E-state index in [0.717, 1.165) is 39.1 Å². The van der Waals surface area contributed by atoms with Gasteiger partial charge in [0.2, 0.25) is 5.91 Å². The second kappa shape index (κ2) is 6.07. The minimum absolute atomic E-state index is 0.00566. The summed E-state index contributed by atoms with van der Waals surface area (Å²) in [6, 6.07) is 2.61. The van der Waals surface area contributed by atoms with E-state index in [2.05, 4.69) is 42.1 Å². The molecule has 0 saturated carbocycles. The first kappa shape index (κ1) is 15.0. The first-order valence-electron chi connectivity index (χ1n) is 7.84. The fourth-order valence-corrected chi connectivity index (χ4v) is 4.46. The van der Waals surface area contributed by atoms with Crippen LogP contribution in [0.15, 0.2) is 11.4 Å². The molecule has 1 saturated heterocycles. The van der Waals surface area contributed by atoms with Crippen molar-refractivity contribution in [3.63, 3.8) is 0 Å². The summed E-state index contributed by atoms with van der Waals surface area (Å²) in [6.07, 6.45) is 1.02. The van der Waals surface area contributed by atoms with Crippen LogP contribution in [0, 0.1) is 0 Å². The number of piperazine rings is 1. The van der Waals surface area contributed by atoms with Crippen LogP contribution in [-0.4, -0.2) is 65.9 Å². The highest BCUT2D eigenvalue weighted by Crippen LogP contribution is 2.25. The molecule has 0 bridgehead atoms. The third kappa shape index (κ3) is 3.00. The van der Waals surface area contributed by atoms with Gasteiger partial charge in [0, 0.05) is 43.6 Å². The number of amides is 1. The lowest BCUT2D eigenvalue weighted by molar-refractivity contribution is -0.139. The molecule has 0 unspecified atom stereocenters. The molecule has 1 aromatic heterocycles. The largest absolute Gasteiger partial charge is 0.337 e. The molecule has 2 aliphatic rings. The summed E-state index contributed by atoms with van der Waals surface area (Å²) in [4.78, 5) is 21.0. The van der Waals surface area contributed by atoms with Crippen molar-refractivity contribution in [2.75, 3.05) is 33.2 Å². The second-order valence-corrected chi connectivity index (χ2v) is 7.40. The number of rotatable bonds is 2. The molecule has 0 aliphatic carbocycles. The van der Waals surface area contributed by atoms with Crippen LogP contribution in [0.3, 0.4) is 0 Å². The van der Waals surface area contributed by atoms with Crippen molar-refractivity contribution in [1.82, 2.24) is 14.7 Å². The molecule has 1 fully saturated rings. The molecular weight excluding hydrogens is 282 g/mol. The Labute approximate surface area is 131 Å². The zero-order valence-electron chi connectivity index (χ0n) is 13.2. The SMILES string of the molecule is C[C@@H]1CN(C)CCN1[C@@H](C)C(=O)N1CCc2sccc2C1. The molecular formula is C16H25N3OS. The Balaban J connectivity index is 1.65. The molecule has 116 valence electrons. The van der Waals surface area contributed by atoms with Gasteiger partial charge >= 0.3 is 0 Å². The van der Waals surface area contributed by atoms with Gasteiger partial charge in [-0.3, -0.25) is 9.69 Å². The standard InChI is InChI=1S/C16H25N3OS/c1-12-10-17(3)7-8-19(12)13(2)16(20)18-6-4-15-14(11-18)5-9-21-15/h5,9,12-13H,4,6-8,10-11H2,1-3H3/t12-,13+/m1/s1. The molecule has 1 aromatic rings. The van der Waals surface area contributed by atoms with E-state index in [9.17, 15) is 4.79 Å². The van der Waals surface area contributed by atoms with Crippen molar-refractivity contribution in [3.05, 3.63) is 21.9 Å². The highest BCUT2D eigenvalue weighted by atomic mass is 32.1. The van der Waals surface area contributed by atoms with Crippen molar-refractivity contribution in [2.45, 2.75) is 38.9 Å². The highest BCUT2D eigenvalue weighted by molar-refractivity contribution is 7.10. The first-order valence-corrected chi connectivity index (χ1v) is 8.72.